The summed E-state index contributed by atoms with van der Waals surface area (Å²) < 4.78 is 0. The van der Waals surface area contributed by atoms with E-state index in [1.807, 2.05) is 12.2 Å². The van der Waals surface area contributed by atoms with Gasteiger partial charge in [0.15, 0.2) is 0 Å². The number of aromatic nitrogens is 2. The topological polar surface area (TPSA) is 77.8 Å². The van der Waals surface area contributed by atoms with Crippen LogP contribution in [0.5, 0.6) is 0 Å². The lowest BCUT2D eigenvalue weighted by atomic mass is 10.3. The van der Waals surface area contributed by atoms with Gasteiger partial charge in [-0.2, -0.15) is 0 Å². The van der Waals surface area contributed by atoms with E-state index >= 15 is 0 Å². The normalized spacial score (nSPS) is 10.8. The monoisotopic (exact) mass is 164 g/mol. The summed E-state index contributed by atoms with van der Waals surface area (Å²) in [6.07, 6.45) is 7.84. The molecular formula is C8H12N4. The van der Waals surface area contributed by atoms with Gasteiger partial charge in [-0.25, -0.2) is 4.98 Å². The Kier molecular flexibility index (Phi) is 3.22. The second-order valence-electron chi connectivity index (χ2n) is 2.35. The van der Waals surface area contributed by atoms with Crippen molar-refractivity contribution in [3.63, 3.8) is 0 Å². The van der Waals surface area contributed by atoms with Crippen molar-refractivity contribution in [2.24, 2.45) is 5.73 Å². The molecule has 0 radical (unpaired) electrons. The molecule has 4 N–H and O–H groups in total. The summed E-state index contributed by atoms with van der Waals surface area (Å²) in [5.41, 5.74) is 11.5. The van der Waals surface area contributed by atoms with Crippen LogP contribution in [0.15, 0.2) is 18.5 Å². The maximum Gasteiger partial charge on any atom is 0.141 e. The molecule has 1 rings (SSSR count). The van der Waals surface area contributed by atoms with Crippen molar-refractivity contribution in [3.8, 4) is 0 Å². The Morgan fingerprint density at radius 2 is 2.17 bits per heavy atom. The van der Waals surface area contributed by atoms with Gasteiger partial charge in [-0.3, -0.25) is 4.98 Å². The first-order chi connectivity index (χ1) is 5.83. The Hall–Kier alpha value is -1.42. The summed E-state index contributed by atoms with van der Waals surface area (Å²) in [6.45, 7) is 0.652. The predicted octanol–water partition coefficient (Wildman–Crippen LogP) is 0.421. The molecule has 0 saturated heterocycles. The molecule has 12 heavy (non-hydrogen) atoms. The van der Waals surface area contributed by atoms with Gasteiger partial charge in [0, 0.05) is 0 Å². The van der Waals surface area contributed by atoms with Crippen LogP contribution in [0.2, 0.25) is 0 Å². The van der Waals surface area contributed by atoms with E-state index in [1.54, 1.807) is 6.20 Å². The average molecular weight is 164 g/mol. The summed E-state index contributed by atoms with van der Waals surface area (Å²) in [7, 11) is 0. The zero-order chi connectivity index (χ0) is 8.81. The van der Waals surface area contributed by atoms with Gasteiger partial charge in [0.2, 0.25) is 0 Å². The lowest BCUT2D eigenvalue weighted by Crippen LogP contribution is -1.95. The van der Waals surface area contributed by atoms with Crippen molar-refractivity contribution < 1.29 is 0 Å². The second-order valence-corrected chi connectivity index (χ2v) is 2.35. The molecule has 1 aromatic rings. The van der Waals surface area contributed by atoms with Crippen LogP contribution in [0.25, 0.3) is 6.08 Å². The Bertz CT molecular complexity index is 252. The molecule has 0 unspecified atom stereocenters. The summed E-state index contributed by atoms with van der Waals surface area (Å²) in [4.78, 5) is 7.93. The summed E-state index contributed by atoms with van der Waals surface area (Å²) in [6, 6.07) is 0. The van der Waals surface area contributed by atoms with Crippen molar-refractivity contribution in [2.45, 2.75) is 6.42 Å². The van der Waals surface area contributed by atoms with E-state index in [-0.39, 0.29) is 0 Å². The minimum absolute atomic E-state index is 0.436. The maximum atomic E-state index is 5.36. The third-order valence-corrected chi connectivity index (χ3v) is 1.31. The van der Waals surface area contributed by atoms with Crippen LogP contribution in [-0.2, 0) is 0 Å². The largest absolute Gasteiger partial charge is 0.382 e. The van der Waals surface area contributed by atoms with Crippen molar-refractivity contribution in [1.29, 1.82) is 0 Å². The highest BCUT2D eigenvalue weighted by Crippen LogP contribution is 1.98. The molecule has 0 amide bonds. The molecule has 0 fully saturated rings. The van der Waals surface area contributed by atoms with Gasteiger partial charge in [0.1, 0.15) is 5.82 Å². The molecule has 1 aromatic heterocycles. The third kappa shape index (κ3) is 2.67. The Morgan fingerprint density at radius 1 is 1.33 bits per heavy atom. The fraction of sp³-hybridized carbons (Fsp3) is 0.250. The van der Waals surface area contributed by atoms with E-state index in [4.69, 9.17) is 11.5 Å². The standard InChI is InChI=1S/C8H12N4/c9-4-2-1-3-7-5-12-8(10)6-11-7/h1,3,5-6H,2,4,9H2,(H2,10,12). The van der Waals surface area contributed by atoms with Gasteiger partial charge < -0.3 is 11.5 Å². The molecular weight excluding hydrogens is 152 g/mol. The molecule has 4 heteroatoms. The predicted molar refractivity (Wildman–Crippen MR) is 49.1 cm³/mol. The van der Waals surface area contributed by atoms with Crippen LogP contribution in [-0.4, -0.2) is 16.5 Å². The van der Waals surface area contributed by atoms with Crippen LogP contribution in [0, 0.1) is 0 Å². The quantitative estimate of drug-likeness (QED) is 0.678. The molecule has 0 aromatic carbocycles. The van der Waals surface area contributed by atoms with Gasteiger partial charge in [0.25, 0.3) is 0 Å². The summed E-state index contributed by atoms with van der Waals surface area (Å²) >= 11 is 0. The average Bonchev–Trinajstić information content (AvgIpc) is 2.09. The molecule has 0 saturated carbocycles. The maximum absolute atomic E-state index is 5.36. The fourth-order valence-electron chi connectivity index (χ4n) is 0.734. The van der Waals surface area contributed by atoms with Crippen LogP contribution in [0.3, 0.4) is 0 Å². The number of nitrogens with zero attached hydrogens (tertiary/aromatic N) is 2. The van der Waals surface area contributed by atoms with Crippen LogP contribution in [0.1, 0.15) is 12.1 Å². The molecule has 4 nitrogen and oxygen atoms in total. The zero-order valence-electron chi connectivity index (χ0n) is 6.77. The van der Waals surface area contributed by atoms with E-state index in [0.717, 1.165) is 12.1 Å². The van der Waals surface area contributed by atoms with Gasteiger partial charge in [-0.1, -0.05) is 6.08 Å². The Balaban J connectivity index is 2.58. The van der Waals surface area contributed by atoms with Crippen LogP contribution < -0.4 is 11.5 Å². The lowest BCUT2D eigenvalue weighted by Gasteiger charge is -1.92. The Morgan fingerprint density at radius 3 is 2.75 bits per heavy atom. The number of nitrogen functional groups attached to an aromatic ring is 1. The second kappa shape index (κ2) is 4.46. The molecule has 1 heterocycles. The smallest absolute Gasteiger partial charge is 0.141 e. The zero-order valence-corrected chi connectivity index (χ0v) is 6.77. The van der Waals surface area contributed by atoms with Gasteiger partial charge in [0.05, 0.1) is 18.1 Å². The molecule has 0 aliphatic heterocycles. The fourth-order valence-corrected chi connectivity index (χ4v) is 0.734. The first kappa shape index (κ1) is 8.67. The molecule has 0 spiro atoms. The highest BCUT2D eigenvalue weighted by Gasteiger charge is 1.87. The highest BCUT2D eigenvalue weighted by molar-refractivity contribution is 5.44. The van der Waals surface area contributed by atoms with Crippen molar-refractivity contribution in [2.75, 3.05) is 12.3 Å². The molecule has 64 valence electrons. The van der Waals surface area contributed by atoms with E-state index in [2.05, 4.69) is 9.97 Å². The lowest BCUT2D eigenvalue weighted by molar-refractivity contribution is 1.01. The summed E-state index contributed by atoms with van der Waals surface area (Å²) in [5, 5.41) is 0. The third-order valence-electron chi connectivity index (χ3n) is 1.31. The molecule has 0 atom stereocenters. The van der Waals surface area contributed by atoms with E-state index in [1.165, 1.54) is 6.20 Å². The first-order valence-electron chi connectivity index (χ1n) is 3.77. The number of hydrogen-bond donors (Lipinski definition) is 2. The van der Waals surface area contributed by atoms with Gasteiger partial charge in [-0.05, 0) is 19.0 Å². The highest BCUT2D eigenvalue weighted by atomic mass is 14.9. The number of anilines is 1. The van der Waals surface area contributed by atoms with Crippen molar-refractivity contribution in [1.82, 2.24) is 9.97 Å². The number of nitrogens with two attached hydrogens (primary N) is 2. The van der Waals surface area contributed by atoms with E-state index in [0.29, 0.717) is 12.4 Å². The number of rotatable bonds is 3. The van der Waals surface area contributed by atoms with E-state index < -0.39 is 0 Å². The Labute approximate surface area is 71.3 Å². The van der Waals surface area contributed by atoms with E-state index in [9.17, 15) is 0 Å². The van der Waals surface area contributed by atoms with Gasteiger partial charge >= 0.3 is 0 Å². The van der Waals surface area contributed by atoms with Crippen molar-refractivity contribution in [3.05, 3.63) is 24.2 Å². The first-order valence-corrected chi connectivity index (χ1v) is 3.77. The summed E-state index contributed by atoms with van der Waals surface area (Å²) in [5.74, 6) is 0.436. The molecule has 0 bridgehead atoms. The molecule has 0 aliphatic rings. The van der Waals surface area contributed by atoms with Crippen LogP contribution >= 0.6 is 0 Å². The SMILES string of the molecule is NCCC=Cc1cnc(N)cn1. The minimum Gasteiger partial charge on any atom is -0.382 e. The minimum atomic E-state index is 0.436. The van der Waals surface area contributed by atoms with Gasteiger partial charge in [-0.15, -0.1) is 0 Å². The van der Waals surface area contributed by atoms with Crippen molar-refractivity contribution >= 4 is 11.9 Å². The number of hydrogen-bond acceptors (Lipinski definition) is 4. The van der Waals surface area contributed by atoms with Crippen LogP contribution in [0.4, 0.5) is 5.82 Å². The molecule has 0 aliphatic carbocycles.